The number of hydrogen-bond acceptors (Lipinski definition) is 4. The number of hydrogen-bond donors (Lipinski definition) is 2. The molecule has 1 aromatic carbocycles. The highest BCUT2D eigenvalue weighted by molar-refractivity contribution is 5.93. The highest BCUT2D eigenvalue weighted by Gasteiger charge is 2.38. The van der Waals surface area contributed by atoms with Crippen molar-refractivity contribution in [3.63, 3.8) is 0 Å². The SMILES string of the molecule is Cc1c(C(=O)NC2(c3ccc(F)cc3)CCCC2)nnn1C1CCNCC1.Cl. The fourth-order valence-corrected chi connectivity index (χ4v) is 4.46. The predicted octanol–water partition coefficient (Wildman–Crippen LogP) is 3.27. The third kappa shape index (κ3) is 3.91. The Balaban J connectivity index is 0.00000225. The van der Waals surface area contributed by atoms with Crippen molar-refractivity contribution in [1.29, 1.82) is 0 Å². The van der Waals surface area contributed by atoms with E-state index in [1.54, 1.807) is 12.1 Å². The first-order valence-corrected chi connectivity index (χ1v) is 9.80. The van der Waals surface area contributed by atoms with Crippen molar-refractivity contribution in [2.45, 2.75) is 57.0 Å². The number of aromatic nitrogens is 3. The normalized spacial score (nSPS) is 19.2. The van der Waals surface area contributed by atoms with Crippen LogP contribution in [0.2, 0.25) is 0 Å². The van der Waals surface area contributed by atoms with Crippen LogP contribution in [0.5, 0.6) is 0 Å². The van der Waals surface area contributed by atoms with E-state index in [0.717, 1.165) is 62.9 Å². The fraction of sp³-hybridized carbons (Fsp3) is 0.550. The van der Waals surface area contributed by atoms with Crippen molar-refractivity contribution in [1.82, 2.24) is 25.6 Å². The number of carbonyl (C=O) groups is 1. The van der Waals surface area contributed by atoms with E-state index in [4.69, 9.17) is 0 Å². The lowest BCUT2D eigenvalue weighted by atomic mass is 9.88. The Morgan fingerprint density at radius 2 is 1.86 bits per heavy atom. The molecule has 2 fully saturated rings. The van der Waals surface area contributed by atoms with E-state index < -0.39 is 5.54 Å². The highest BCUT2D eigenvalue weighted by Crippen LogP contribution is 2.39. The molecule has 152 valence electrons. The van der Waals surface area contributed by atoms with Gasteiger partial charge in [0.2, 0.25) is 0 Å². The molecule has 28 heavy (non-hydrogen) atoms. The molecule has 1 amide bonds. The van der Waals surface area contributed by atoms with E-state index in [2.05, 4.69) is 20.9 Å². The summed E-state index contributed by atoms with van der Waals surface area (Å²) in [5, 5.41) is 15.0. The van der Waals surface area contributed by atoms with Gasteiger partial charge in [-0.1, -0.05) is 30.2 Å². The Labute approximate surface area is 170 Å². The summed E-state index contributed by atoms with van der Waals surface area (Å²) in [4.78, 5) is 13.0. The molecule has 1 aromatic heterocycles. The number of benzene rings is 1. The molecule has 2 aromatic rings. The van der Waals surface area contributed by atoms with Crippen LogP contribution in [0.25, 0.3) is 0 Å². The zero-order chi connectivity index (χ0) is 18.9. The minimum Gasteiger partial charge on any atom is -0.341 e. The molecular formula is C20H27ClFN5O. The first kappa shape index (κ1) is 20.7. The number of rotatable bonds is 4. The van der Waals surface area contributed by atoms with Crippen LogP contribution < -0.4 is 10.6 Å². The van der Waals surface area contributed by atoms with E-state index in [0.29, 0.717) is 5.69 Å². The molecule has 1 saturated carbocycles. The summed E-state index contributed by atoms with van der Waals surface area (Å²) in [6.45, 7) is 3.83. The topological polar surface area (TPSA) is 71.8 Å². The van der Waals surface area contributed by atoms with Crippen LogP contribution in [-0.4, -0.2) is 34.0 Å². The molecule has 6 nitrogen and oxygen atoms in total. The number of carbonyl (C=O) groups excluding carboxylic acids is 1. The van der Waals surface area contributed by atoms with Gasteiger partial charge in [0, 0.05) is 0 Å². The maximum Gasteiger partial charge on any atom is 0.274 e. The Morgan fingerprint density at radius 1 is 1.21 bits per heavy atom. The van der Waals surface area contributed by atoms with Gasteiger partial charge in [-0.25, -0.2) is 9.07 Å². The summed E-state index contributed by atoms with van der Waals surface area (Å²) >= 11 is 0. The minimum absolute atomic E-state index is 0. The van der Waals surface area contributed by atoms with Gasteiger partial charge in [-0.3, -0.25) is 4.79 Å². The van der Waals surface area contributed by atoms with Gasteiger partial charge >= 0.3 is 0 Å². The molecule has 0 unspecified atom stereocenters. The smallest absolute Gasteiger partial charge is 0.274 e. The van der Waals surface area contributed by atoms with Gasteiger partial charge in [0.15, 0.2) is 5.69 Å². The standard InChI is InChI=1S/C20H26FN5O.ClH/c1-14-18(24-25-26(14)17-8-12-22-13-9-17)19(27)23-20(10-2-3-11-20)15-4-6-16(21)7-5-15;/h4-7,17,22H,2-3,8-13H2,1H3,(H,23,27);1H. The lowest BCUT2D eigenvalue weighted by Gasteiger charge is -2.31. The third-order valence-corrected chi connectivity index (χ3v) is 6.00. The number of amides is 1. The van der Waals surface area contributed by atoms with Crippen LogP contribution in [0.1, 0.15) is 66.3 Å². The van der Waals surface area contributed by atoms with Gasteiger partial charge in [0.05, 0.1) is 17.3 Å². The van der Waals surface area contributed by atoms with Crippen molar-refractivity contribution >= 4 is 18.3 Å². The van der Waals surface area contributed by atoms with E-state index in [1.807, 2.05) is 11.6 Å². The second-order valence-corrected chi connectivity index (χ2v) is 7.70. The van der Waals surface area contributed by atoms with E-state index in [9.17, 15) is 9.18 Å². The number of nitrogens with zero attached hydrogens (tertiary/aromatic N) is 3. The summed E-state index contributed by atoms with van der Waals surface area (Å²) in [6.07, 6.45) is 5.77. The molecule has 8 heteroatoms. The largest absolute Gasteiger partial charge is 0.341 e. The minimum atomic E-state index is -0.449. The molecule has 4 rings (SSSR count). The van der Waals surface area contributed by atoms with Crippen LogP contribution in [0.4, 0.5) is 4.39 Å². The van der Waals surface area contributed by atoms with Crippen LogP contribution in [0, 0.1) is 12.7 Å². The van der Waals surface area contributed by atoms with Gasteiger partial charge < -0.3 is 10.6 Å². The monoisotopic (exact) mass is 407 g/mol. The Morgan fingerprint density at radius 3 is 2.50 bits per heavy atom. The molecule has 0 atom stereocenters. The average Bonchev–Trinajstić information content (AvgIpc) is 3.30. The highest BCUT2D eigenvalue weighted by atomic mass is 35.5. The lowest BCUT2D eigenvalue weighted by molar-refractivity contribution is 0.0892. The Hall–Kier alpha value is -1.99. The molecule has 0 radical (unpaired) electrons. The molecule has 2 heterocycles. The van der Waals surface area contributed by atoms with Gasteiger partial charge in [-0.05, 0) is 63.4 Å². The van der Waals surface area contributed by atoms with E-state index in [-0.39, 0.29) is 30.2 Å². The summed E-state index contributed by atoms with van der Waals surface area (Å²) in [5.74, 6) is -0.460. The predicted molar refractivity (Wildman–Crippen MR) is 107 cm³/mol. The Kier molecular flexibility index (Phi) is 6.35. The van der Waals surface area contributed by atoms with Gasteiger partial charge in [-0.15, -0.1) is 17.5 Å². The number of piperidine rings is 1. The quantitative estimate of drug-likeness (QED) is 0.815. The zero-order valence-electron chi connectivity index (χ0n) is 16.1. The van der Waals surface area contributed by atoms with Crippen molar-refractivity contribution in [3.05, 3.63) is 47.0 Å². The molecule has 0 bridgehead atoms. The first-order chi connectivity index (χ1) is 13.1. The van der Waals surface area contributed by atoms with Crippen molar-refractivity contribution in [2.75, 3.05) is 13.1 Å². The summed E-state index contributed by atoms with van der Waals surface area (Å²) in [7, 11) is 0. The zero-order valence-corrected chi connectivity index (χ0v) is 16.9. The van der Waals surface area contributed by atoms with Crippen molar-refractivity contribution in [2.24, 2.45) is 0 Å². The van der Waals surface area contributed by atoms with Crippen LogP contribution in [-0.2, 0) is 5.54 Å². The molecule has 1 aliphatic carbocycles. The molecule has 2 aliphatic rings. The fourth-order valence-electron chi connectivity index (χ4n) is 4.46. The van der Waals surface area contributed by atoms with Crippen molar-refractivity contribution in [3.8, 4) is 0 Å². The molecule has 0 spiro atoms. The molecule has 2 N–H and O–H groups in total. The summed E-state index contributed by atoms with van der Waals surface area (Å²) in [5.41, 5.74) is 1.71. The van der Waals surface area contributed by atoms with Gasteiger partial charge in [-0.2, -0.15) is 0 Å². The summed E-state index contributed by atoms with van der Waals surface area (Å²) in [6, 6.07) is 6.76. The van der Waals surface area contributed by atoms with Crippen molar-refractivity contribution < 1.29 is 9.18 Å². The molecule has 1 saturated heterocycles. The van der Waals surface area contributed by atoms with Crippen LogP contribution in [0.3, 0.4) is 0 Å². The molecular weight excluding hydrogens is 381 g/mol. The van der Waals surface area contributed by atoms with E-state index >= 15 is 0 Å². The maximum absolute atomic E-state index is 13.3. The van der Waals surface area contributed by atoms with Crippen LogP contribution in [0.15, 0.2) is 24.3 Å². The Bertz CT molecular complexity index is 811. The van der Waals surface area contributed by atoms with Crippen LogP contribution >= 0.6 is 12.4 Å². The second kappa shape index (κ2) is 8.57. The number of halogens is 2. The second-order valence-electron chi connectivity index (χ2n) is 7.70. The molecule has 1 aliphatic heterocycles. The average molecular weight is 408 g/mol. The third-order valence-electron chi connectivity index (χ3n) is 6.00. The van der Waals surface area contributed by atoms with E-state index in [1.165, 1.54) is 12.1 Å². The lowest BCUT2D eigenvalue weighted by Crippen LogP contribution is -2.44. The summed E-state index contributed by atoms with van der Waals surface area (Å²) < 4.78 is 15.2. The van der Waals surface area contributed by atoms with Gasteiger partial charge in [0.1, 0.15) is 5.82 Å². The maximum atomic E-state index is 13.3. The first-order valence-electron chi connectivity index (χ1n) is 9.80. The number of nitrogens with one attached hydrogen (secondary N) is 2. The van der Waals surface area contributed by atoms with Gasteiger partial charge in [0.25, 0.3) is 5.91 Å².